The number of aliphatic hydroxyl groups is 1. The normalized spacial score (nSPS) is 12.0. The Kier molecular flexibility index (Phi) is 5.14. The zero-order valence-corrected chi connectivity index (χ0v) is 13.9. The van der Waals surface area contributed by atoms with E-state index in [1.54, 1.807) is 18.5 Å². The second-order valence-electron chi connectivity index (χ2n) is 4.90. The van der Waals surface area contributed by atoms with Crippen molar-refractivity contribution >= 4 is 40.7 Å². The molecule has 0 spiro atoms. The fourth-order valence-corrected chi connectivity index (χ4v) is 2.53. The maximum Gasteiger partial charge on any atom is 0.229 e. The molecule has 24 heavy (non-hydrogen) atoms. The number of aliphatic hydroxyl groups excluding tert-OH is 1. The molecule has 0 bridgehead atoms. The van der Waals surface area contributed by atoms with Crippen LogP contribution < -0.4 is 10.6 Å². The van der Waals surface area contributed by atoms with Crippen LogP contribution in [0.25, 0.3) is 0 Å². The highest BCUT2D eigenvalue weighted by atomic mass is 35.5. The maximum absolute atomic E-state index is 9.70. The lowest BCUT2D eigenvalue weighted by molar-refractivity contribution is 0.276. The van der Waals surface area contributed by atoms with E-state index in [4.69, 9.17) is 23.2 Å². The van der Waals surface area contributed by atoms with Crippen molar-refractivity contribution in [3.05, 3.63) is 58.5 Å². The monoisotopic (exact) mass is 364 g/mol. The van der Waals surface area contributed by atoms with E-state index in [2.05, 4.69) is 30.8 Å². The molecule has 7 nitrogen and oxygen atoms in total. The average molecular weight is 365 g/mol. The molecule has 0 aliphatic carbocycles. The van der Waals surface area contributed by atoms with Gasteiger partial charge in [0.1, 0.15) is 5.02 Å². The first-order chi connectivity index (χ1) is 11.7. The van der Waals surface area contributed by atoms with Crippen molar-refractivity contribution in [3.8, 4) is 0 Å². The molecule has 3 rings (SSSR count). The Balaban J connectivity index is 1.84. The lowest BCUT2D eigenvalue weighted by Gasteiger charge is -2.19. The third-order valence-electron chi connectivity index (χ3n) is 3.27. The van der Waals surface area contributed by atoms with E-state index in [1.165, 1.54) is 6.20 Å². The lowest BCUT2D eigenvalue weighted by atomic mass is 10.1. The summed E-state index contributed by atoms with van der Waals surface area (Å²) >= 11 is 12.3. The molecule has 1 unspecified atom stereocenters. The Morgan fingerprint density at radius 1 is 1.17 bits per heavy atom. The fourth-order valence-electron chi connectivity index (χ4n) is 2.12. The smallest absolute Gasteiger partial charge is 0.229 e. The molecule has 0 aliphatic rings. The van der Waals surface area contributed by atoms with Gasteiger partial charge in [0.2, 0.25) is 5.95 Å². The summed E-state index contributed by atoms with van der Waals surface area (Å²) < 4.78 is 0. The number of nitrogens with one attached hydrogen (secondary N) is 3. The number of H-pyrrole nitrogens is 1. The van der Waals surface area contributed by atoms with Crippen LogP contribution in [-0.4, -0.2) is 31.9 Å². The van der Waals surface area contributed by atoms with Crippen LogP contribution in [0.1, 0.15) is 11.6 Å². The standard InChI is InChI=1S/C15H14Cl2N6O/c16-11-4-2-1-3-10(11)13(8-24)22-14-12(17)7-18-15(23-14)21-9-5-19-20-6-9/h1-7,13,24H,8H2,(H,19,20)(H2,18,21,22,23). The van der Waals surface area contributed by atoms with E-state index in [0.29, 0.717) is 27.5 Å². The zero-order chi connectivity index (χ0) is 16.9. The number of hydrogen-bond acceptors (Lipinski definition) is 6. The predicted octanol–water partition coefficient (Wildman–Crippen LogP) is 3.40. The van der Waals surface area contributed by atoms with Gasteiger partial charge in [0.05, 0.1) is 30.7 Å². The van der Waals surface area contributed by atoms with Crippen molar-refractivity contribution < 1.29 is 5.11 Å². The molecule has 0 radical (unpaired) electrons. The van der Waals surface area contributed by atoms with Gasteiger partial charge in [0.15, 0.2) is 5.82 Å². The number of aromatic nitrogens is 4. The minimum Gasteiger partial charge on any atom is -0.394 e. The van der Waals surface area contributed by atoms with Crippen molar-refractivity contribution in [2.45, 2.75) is 6.04 Å². The highest BCUT2D eigenvalue weighted by Gasteiger charge is 2.16. The number of hydrogen-bond donors (Lipinski definition) is 4. The topological polar surface area (TPSA) is 98.7 Å². The highest BCUT2D eigenvalue weighted by molar-refractivity contribution is 6.33. The average Bonchev–Trinajstić information content (AvgIpc) is 3.09. The van der Waals surface area contributed by atoms with Crippen molar-refractivity contribution in [2.75, 3.05) is 17.2 Å². The maximum atomic E-state index is 9.70. The molecular formula is C15H14Cl2N6O. The lowest BCUT2D eigenvalue weighted by Crippen LogP contribution is -2.17. The Hall–Kier alpha value is -2.35. The first-order valence-electron chi connectivity index (χ1n) is 7.07. The minimum absolute atomic E-state index is 0.172. The van der Waals surface area contributed by atoms with Crippen molar-refractivity contribution in [3.63, 3.8) is 0 Å². The second-order valence-corrected chi connectivity index (χ2v) is 5.72. The van der Waals surface area contributed by atoms with Gasteiger partial charge in [-0.25, -0.2) is 4.98 Å². The SMILES string of the molecule is OCC(Nc1nc(Nc2cn[nH]c2)ncc1Cl)c1ccccc1Cl. The first kappa shape index (κ1) is 16.5. The van der Waals surface area contributed by atoms with Gasteiger partial charge in [-0.15, -0.1) is 0 Å². The Morgan fingerprint density at radius 2 is 2.00 bits per heavy atom. The van der Waals surface area contributed by atoms with Crippen LogP contribution in [0.3, 0.4) is 0 Å². The first-order valence-corrected chi connectivity index (χ1v) is 7.83. The van der Waals surface area contributed by atoms with Crippen LogP contribution in [0.15, 0.2) is 42.9 Å². The molecule has 0 saturated heterocycles. The number of rotatable bonds is 6. The van der Waals surface area contributed by atoms with Crippen LogP contribution in [0.4, 0.5) is 17.5 Å². The molecule has 1 atom stereocenters. The van der Waals surface area contributed by atoms with Crippen LogP contribution in [0.2, 0.25) is 10.0 Å². The van der Waals surface area contributed by atoms with Gasteiger partial charge < -0.3 is 15.7 Å². The van der Waals surface area contributed by atoms with Gasteiger partial charge in [-0.2, -0.15) is 10.1 Å². The van der Waals surface area contributed by atoms with Gasteiger partial charge in [-0.3, -0.25) is 5.10 Å². The number of nitrogens with zero attached hydrogens (tertiary/aromatic N) is 3. The van der Waals surface area contributed by atoms with Crippen LogP contribution >= 0.6 is 23.2 Å². The molecule has 0 aliphatic heterocycles. The summed E-state index contributed by atoms with van der Waals surface area (Å²) in [5.41, 5.74) is 1.47. The van der Waals surface area contributed by atoms with Crippen LogP contribution in [0.5, 0.6) is 0 Å². The van der Waals surface area contributed by atoms with E-state index in [1.807, 2.05) is 18.2 Å². The number of benzene rings is 1. The molecule has 124 valence electrons. The second kappa shape index (κ2) is 7.48. The van der Waals surface area contributed by atoms with Crippen LogP contribution in [0, 0.1) is 0 Å². The van der Waals surface area contributed by atoms with Crippen LogP contribution in [-0.2, 0) is 0 Å². The molecule has 2 heterocycles. The molecule has 1 aromatic carbocycles. The minimum atomic E-state index is -0.451. The van der Waals surface area contributed by atoms with Gasteiger partial charge in [-0.1, -0.05) is 41.4 Å². The van der Waals surface area contributed by atoms with Crippen molar-refractivity contribution in [1.29, 1.82) is 0 Å². The van der Waals surface area contributed by atoms with E-state index < -0.39 is 6.04 Å². The summed E-state index contributed by atoms with van der Waals surface area (Å²) in [4.78, 5) is 8.44. The van der Waals surface area contributed by atoms with E-state index in [9.17, 15) is 5.11 Å². The largest absolute Gasteiger partial charge is 0.394 e. The number of anilines is 3. The number of halogens is 2. The summed E-state index contributed by atoms with van der Waals surface area (Å²) in [6.07, 6.45) is 4.75. The summed E-state index contributed by atoms with van der Waals surface area (Å²) in [5.74, 6) is 0.732. The Labute approximate surface area is 148 Å². The van der Waals surface area contributed by atoms with Gasteiger partial charge in [0.25, 0.3) is 0 Å². The third kappa shape index (κ3) is 3.76. The summed E-state index contributed by atoms with van der Waals surface area (Å²) in [7, 11) is 0. The summed E-state index contributed by atoms with van der Waals surface area (Å²) in [5, 5.41) is 23.2. The molecule has 4 N–H and O–H groups in total. The Bertz CT molecular complexity index is 811. The third-order valence-corrected chi connectivity index (χ3v) is 3.89. The van der Waals surface area contributed by atoms with E-state index in [-0.39, 0.29) is 6.61 Å². The van der Waals surface area contributed by atoms with Gasteiger partial charge in [0, 0.05) is 11.2 Å². The molecule has 0 fully saturated rings. The Morgan fingerprint density at radius 3 is 2.71 bits per heavy atom. The molecule has 0 amide bonds. The molecule has 0 saturated carbocycles. The fraction of sp³-hybridized carbons (Fsp3) is 0.133. The summed E-state index contributed by atoms with van der Waals surface area (Å²) in [6.45, 7) is -0.172. The highest BCUT2D eigenvalue weighted by Crippen LogP contribution is 2.28. The van der Waals surface area contributed by atoms with Crippen molar-refractivity contribution in [2.24, 2.45) is 0 Å². The quantitative estimate of drug-likeness (QED) is 0.535. The molecule has 9 heteroatoms. The van der Waals surface area contributed by atoms with E-state index in [0.717, 1.165) is 5.56 Å². The van der Waals surface area contributed by atoms with E-state index >= 15 is 0 Å². The van der Waals surface area contributed by atoms with Crippen molar-refractivity contribution in [1.82, 2.24) is 20.2 Å². The number of aromatic amines is 1. The molecule has 3 aromatic rings. The van der Waals surface area contributed by atoms with Gasteiger partial charge in [-0.05, 0) is 11.6 Å². The molecule has 2 aromatic heterocycles. The summed E-state index contributed by atoms with van der Waals surface area (Å²) in [6, 6.07) is 6.81. The predicted molar refractivity (Wildman–Crippen MR) is 93.8 cm³/mol. The van der Waals surface area contributed by atoms with Gasteiger partial charge >= 0.3 is 0 Å². The zero-order valence-electron chi connectivity index (χ0n) is 12.4. The molecular weight excluding hydrogens is 351 g/mol.